The Morgan fingerprint density at radius 1 is 0.400 bits per heavy atom. The molecule has 2 fully saturated rings. The van der Waals surface area contributed by atoms with Crippen LogP contribution in [-0.4, -0.2) is 37.7 Å². The second-order valence-corrected chi connectivity index (χ2v) is 8.16. The molecule has 2 rings (SSSR count). The van der Waals surface area contributed by atoms with Crippen LogP contribution in [0, 0.1) is 0 Å². The van der Waals surface area contributed by atoms with Gasteiger partial charge in [0.1, 0.15) is 25.4 Å². The summed E-state index contributed by atoms with van der Waals surface area (Å²) in [5.74, 6) is 0. The van der Waals surface area contributed by atoms with Gasteiger partial charge in [0.25, 0.3) is 0 Å². The molecule has 40 heavy (non-hydrogen) atoms. The van der Waals surface area contributed by atoms with Crippen LogP contribution >= 0.6 is 0 Å². The highest BCUT2D eigenvalue weighted by Crippen LogP contribution is 2.10. The molecule has 0 spiro atoms. The lowest BCUT2D eigenvalue weighted by Crippen LogP contribution is -2.07. The van der Waals surface area contributed by atoms with E-state index in [0.717, 1.165) is 0 Å². The van der Waals surface area contributed by atoms with E-state index in [4.69, 9.17) is 18.9 Å². The van der Waals surface area contributed by atoms with Crippen molar-refractivity contribution in [2.24, 2.45) is 0 Å². The fourth-order valence-corrected chi connectivity index (χ4v) is 2.99. The number of rotatable bonds is 16. The predicted molar refractivity (Wildman–Crippen MR) is 160 cm³/mol. The molecule has 6 heteroatoms. The molecular formula is C34H36O6. The standard InChI is InChI=1S/C34H36O6/c35-33-37-29-31(39-33)27-25-23-21-19-17-15-13-11-9-7-5-3-1-2-4-6-8-10-12-14-16-18-20-22-24-26-28-32-30-38-34(36)40-32/h1-26,31-32H,27-30H2. The second-order valence-electron chi connectivity index (χ2n) is 8.16. The summed E-state index contributed by atoms with van der Waals surface area (Å²) in [5, 5.41) is 0. The molecule has 208 valence electrons. The second kappa shape index (κ2) is 22.2. The van der Waals surface area contributed by atoms with Gasteiger partial charge >= 0.3 is 12.3 Å². The monoisotopic (exact) mass is 540 g/mol. The lowest BCUT2D eigenvalue weighted by Gasteiger charge is -1.99. The van der Waals surface area contributed by atoms with Gasteiger partial charge in [0.2, 0.25) is 0 Å². The van der Waals surface area contributed by atoms with Gasteiger partial charge < -0.3 is 18.9 Å². The maximum Gasteiger partial charge on any atom is 0.508 e. The molecule has 2 aliphatic heterocycles. The third-order valence-corrected chi connectivity index (χ3v) is 4.93. The zero-order valence-electron chi connectivity index (χ0n) is 22.4. The van der Waals surface area contributed by atoms with Crippen LogP contribution in [0.1, 0.15) is 12.8 Å². The number of carbonyl (C=O) groups excluding carboxylic acids is 2. The average molecular weight is 541 g/mol. The van der Waals surface area contributed by atoms with Crippen LogP contribution in [0.4, 0.5) is 9.59 Å². The van der Waals surface area contributed by atoms with E-state index in [9.17, 15) is 9.59 Å². The molecule has 6 nitrogen and oxygen atoms in total. The zero-order valence-corrected chi connectivity index (χ0v) is 22.4. The number of ether oxygens (including phenoxy) is 4. The van der Waals surface area contributed by atoms with E-state index in [1.807, 2.05) is 158 Å². The number of hydrogen-bond acceptors (Lipinski definition) is 6. The minimum Gasteiger partial charge on any atom is -0.430 e. The summed E-state index contributed by atoms with van der Waals surface area (Å²) in [6.45, 7) is 0.647. The van der Waals surface area contributed by atoms with Crippen molar-refractivity contribution < 1.29 is 28.5 Å². The van der Waals surface area contributed by atoms with Crippen molar-refractivity contribution in [2.45, 2.75) is 25.0 Å². The van der Waals surface area contributed by atoms with E-state index in [1.165, 1.54) is 0 Å². The van der Waals surface area contributed by atoms with Crippen LogP contribution in [0.3, 0.4) is 0 Å². The Morgan fingerprint density at radius 3 is 0.825 bits per heavy atom. The van der Waals surface area contributed by atoms with E-state index in [-0.39, 0.29) is 12.2 Å². The molecule has 0 aromatic heterocycles. The Bertz CT molecular complexity index is 1060. The molecule has 0 radical (unpaired) electrons. The van der Waals surface area contributed by atoms with Gasteiger partial charge in [-0.25, -0.2) is 9.59 Å². The van der Waals surface area contributed by atoms with Crippen LogP contribution in [0.15, 0.2) is 158 Å². The molecule has 0 bridgehead atoms. The van der Waals surface area contributed by atoms with Gasteiger partial charge in [0.05, 0.1) is 0 Å². The SMILES string of the molecule is O=C1OCC(CC=CC=CC=CC=CC=CC=CC=CC=CC=CC=CC=CC=CC=CCC2COC(=O)O2)O1. The van der Waals surface area contributed by atoms with E-state index in [2.05, 4.69) is 0 Å². The smallest absolute Gasteiger partial charge is 0.430 e. The van der Waals surface area contributed by atoms with E-state index in [1.54, 1.807) is 0 Å². The topological polar surface area (TPSA) is 71.1 Å². The minimum atomic E-state index is -0.587. The molecular weight excluding hydrogens is 504 g/mol. The van der Waals surface area contributed by atoms with Crippen molar-refractivity contribution in [3.05, 3.63) is 158 Å². The summed E-state index contributed by atoms with van der Waals surface area (Å²) in [6.07, 6.45) is 50.4. The Labute approximate surface area is 237 Å². The van der Waals surface area contributed by atoms with Crippen LogP contribution in [0.2, 0.25) is 0 Å². The first-order valence-electron chi connectivity index (χ1n) is 13.1. The quantitative estimate of drug-likeness (QED) is 0.146. The van der Waals surface area contributed by atoms with E-state index < -0.39 is 12.3 Å². The van der Waals surface area contributed by atoms with Gasteiger partial charge in [0.15, 0.2) is 0 Å². The lowest BCUT2D eigenvalue weighted by molar-refractivity contribution is 0.117. The van der Waals surface area contributed by atoms with Crippen molar-refractivity contribution >= 4 is 12.3 Å². The molecule has 0 aromatic carbocycles. The highest BCUT2D eigenvalue weighted by Gasteiger charge is 2.23. The van der Waals surface area contributed by atoms with Gasteiger partial charge in [-0.05, 0) is 0 Å². The summed E-state index contributed by atoms with van der Waals surface area (Å²) in [5.41, 5.74) is 0. The van der Waals surface area contributed by atoms with Crippen molar-refractivity contribution in [2.75, 3.05) is 13.2 Å². The van der Waals surface area contributed by atoms with Gasteiger partial charge in [-0.1, -0.05) is 158 Å². The maximum atomic E-state index is 10.8. The average Bonchev–Trinajstić information content (AvgIpc) is 3.57. The molecule has 2 saturated heterocycles. The molecule has 0 aromatic rings. The fourth-order valence-electron chi connectivity index (χ4n) is 2.99. The van der Waals surface area contributed by atoms with Crippen molar-refractivity contribution in [3.63, 3.8) is 0 Å². The summed E-state index contributed by atoms with van der Waals surface area (Å²) in [4.78, 5) is 21.6. The van der Waals surface area contributed by atoms with Crippen molar-refractivity contribution in [3.8, 4) is 0 Å². The Morgan fingerprint density at radius 2 is 0.625 bits per heavy atom. The van der Waals surface area contributed by atoms with Crippen molar-refractivity contribution in [1.29, 1.82) is 0 Å². The predicted octanol–water partition coefficient (Wildman–Crippen LogP) is 8.07. The molecule has 2 aliphatic rings. The molecule has 2 heterocycles. The Balaban J connectivity index is 1.47. The third kappa shape index (κ3) is 17.6. The number of carbonyl (C=O) groups is 2. The fraction of sp³-hybridized carbons (Fsp3) is 0.176. The van der Waals surface area contributed by atoms with E-state index >= 15 is 0 Å². The van der Waals surface area contributed by atoms with Gasteiger partial charge in [-0.15, -0.1) is 0 Å². The highest BCUT2D eigenvalue weighted by atomic mass is 16.8. The first kappa shape index (κ1) is 31.4. The van der Waals surface area contributed by atoms with Crippen LogP contribution in [0.5, 0.6) is 0 Å². The Kier molecular flexibility index (Phi) is 17.4. The van der Waals surface area contributed by atoms with E-state index in [0.29, 0.717) is 26.1 Å². The zero-order chi connectivity index (χ0) is 28.4. The minimum absolute atomic E-state index is 0.174. The lowest BCUT2D eigenvalue weighted by atomic mass is 10.2. The molecule has 0 amide bonds. The van der Waals surface area contributed by atoms with Gasteiger partial charge in [-0.3, -0.25) is 0 Å². The first-order valence-corrected chi connectivity index (χ1v) is 13.1. The van der Waals surface area contributed by atoms with Crippen LogP contribution in [0.25, 0.3) is 0 Å². The highest BCUT2D eigenvalue weighted by molar-refractivity contribution is 5.62. The largest absolute Gasteiger partial charge is 0.508 e. The van der Waals surface area contributed by atoms with Gasteiger partial charge in [0, 0.05) is 12.8 Å². The van der Waals surface area contributed by atoms with Crippen LogP contribution in [-0.2, 0) is 18.9 Å². The summed E-state index contributed by atoms with van der Waals surface area (Å²) >= 11 is 0. The van der Waals surface area contributed by atoms with Crippen molar-refractivity contribution in [1.82, 2.24) is 0 Å². The normalized spacial score (nSPS) is 21.1. The first-order chi connectivity index (χ1) is 19.7. The summed E-state index contributed by atoms with van der Waals surface area (Å²) in [7, 11) is 0. The van der Waals surface area contributed by atoms with Gasteiger partial charge in [-0.2, -0.15) is 0 Å². The maximum absolute atomic E-state index is 10.8. The number of cyclic esters (lactones) is 4. The Hall–Kier alpha value is -4.84. The molecule has 0 N–H and O–H groups in total. The van der Waals surface area contributed by atoms with Crippen LogP contribution < -0.4 is 0 Å². The summed E-state index contributed by atoms with van der Waals surface area (Å²) < 4.78 is 19.3. The summed E-state index contributed by atoms with van der Waals surface area (Å²) in [6, 6.07) is 0. The number of allylic oxidation sites excluding steroid dienone is 24. The molecule has 0 aliphatic carbocycles. The molecule has 2 atom stereocenters. The number of hydrogen-bond donors (Lipinski definition) is 0. The molecule has 2 unspecified atom stereocenters. The third-order valence-electron chi connectivity index (χ3n) is 4.93. The molecule has 0 saturated carbocycles.